The van der Waals surface area contributed by atoms with E-state index in [0.29, 0.717) is 16.2 Å². The molecule has 0 radical (unpaired) electrons. The average molecular weight is 566 g/mol. The molecule has 0 aliphatic rings. The average Bonchev–Trinajstić information content (AvgIpc) is 2.79. The van der Waals surface area contributed by atoms with Crippen molar-refractivity contribution in [3.63, 3.8) is 0 Å². The molecule has 0 aliphatic carbocycles. The first kappa shape index (κ1) is 26.9. The minimum atomic E-state index is -3.16. The van der Waals surface area contributed by atoms with Gasteiger partial charge >= 0.3 is 203 Å². The minimum absolute atomic E-state index is 0.268. The molecular formula is C27H36ClFO2Sn. The molecule has 0 aliphatic heterocycles. The molecule has 0 saturated carbocycles. The molecule has 0 aromatic heterocycles. The molecule has 0 amide bonds. The summed E-state index contributed by atoms with van der Waals surface area (Å²) >= 11 is 2.92. The van der Waals surface area contributed by atoms with Crippen LogP contribution in [0, 0.1) is 5.82 Å². The number of carbonyl (C=O) groups is 1. The van der Waals surface area contributed by atoms with Gasteiger partial charge in [-0.2, -0.15) is 0 Å². The number of benzene rings is 2. The van der Waals surface area contributed by atoms with Crippen molar-refractivity contribution in [2.75, 3.05) is 0 Å². The fraction of sp³-hybridized carbons (Fsp3) is 0.444. The van der Waals surface area contributed by atoms with Gasteiger partial charge in [-0.1, -0.05) is 0 Å². The van der Waals surface area contributed by atoms with Gasteiger partial charge in [0.2, 0.25) is 0 Å². The van der Waals surface area contributed by atoms with E-state index < -0.39 is 18.8 Å². The Hall–Kier alpha value is -1.33. The number of unbranched alkanes of at least 4 members (excludes halogenated alkanes) is 3. The summed E-state index contributed by atoms with van der Waals surface area (Å²) in [6, 6.07) is 13.5. The number of rotatable bonds is 13. The summed E-state index contributed by atoms with van der Waals surface area (Å²) < 4.78 is 23.6. The molecule has 0 bridgehead atoms. The second-order valence-corrected chi connectivity index (χ2v) is 20.6. The van der Waals surface area contributed by atoms with Crippen LogP contribution in [0.4, 0.5) is 4.39 Å². The Bertz CT molecular complexity index is 858. The molecule has 0 heterocycles. The van der Waals surface area contributed by atoms with Crippen molar-refractivity contribution in [2.24, 2.45) is 0 Å². The summed E-state index contributed by atoms with van der Waals surface area (Å²) in [4.78, 5) is 13.7. The Morgan fingerprint density at radius 3 is 2.00 bits per heavy atom. The molecule has 2 rings (SSSR count). The number of halogens is 2. The third-order valence-electron chi connectivity index (χ3n) is 5.80. The van der Waals surface area contributed by atoms with E-state index in [-0.39, 0.29) is 11.8 Å². The molecule has 2 aromatic carbocycles. The van der Waals surface area contributed by atoms with Crippen molar-refractivity contribution in [3.05, 3.63) is 70.5 Å². The SMILES string of the molecule is CCC[CH2][Sn]([CH2]CCC)([CH2]CCC)[O]C(=O)/C(=C/c1cccc(F)c1)c1ccc(Cl)cc1. The monoisotopic (exact) mass is 566 g/mol. The van der Waals surface area contributed by atoms with Crippen molar-refractivity contribution in [3.8, 4) is 0 Å². The topological polar surface area (TPSA) is 26.3 Å². The first-order valence-electron chi connectivity index (χ1n) is 11.9. The van der Waals surface area contributed by atoms with Gasteiger partial charge in [0.25, 0.3) is 0 Å². The van der Waals surface area contributed by atoms with Gasteiger partial charge in [-0.15, -0.1) is 0 Å². The van der Waals surface area contributed by atoms with Crippen LogP contribution in [-0.4, -0.2) is 24.8 Å². The van der Waals surface area contributed by atoms with E-state index in [0.717, 1.165) is 57.4 Å². The Balaban J connectivity index is 2.45. The standard InChI is InChI=1S/C15H10ClFO2.3C4H9.Sn/c16-12-6-4-11(5-7-12)14(15(18)19)9-10-2-1-3-13(17)8-10;3*1-3-4-2;/h1-9H,(H,18,19);3*1,3-4H2,2H3;/q;;;;+1/p-1/b14-9+;;;;. The van der Waals surface area contributed by atoms with Crippen LogP contribution in [-0.2, 0) is 7.87 Å². The molecule has 0 unspecified atom stereocenters. The van der Waals surface area contributed by atoms with Gasteiger partial charge in [0, 0.05) is 0 Å². The Kier molecular flexibility index (Phi) is 11.8. The first-order chi connectivity index (χ1) is 15.4. The van der Waals surface area contributed by atoms with Crippen molar-refractivity contribution in [2.45, 2.75) is 72.6 Å². The Morgan fingerprint density at radius 2 is 1.50 bits per heavy atom. The summed E-state index contributed by atoms with van der Waals surface area (Å²) in [6.45, 7) is 6.59. The van der Waals surface area contributed by atoms with E-state index in [2.05, 4.69) is 20.8 Å². The molecule has 32 heavy (non-hydrogen) atoms. The van der Waals surface area contributed by atoms with Gasteiger partial charge in [0.15, 0.2) is 0 Å². The summed E-state index contributed by atoms with van der Waals surface area (Å²) in [5.41, 5.74) is 1.85. The number of carbonyl (C=O) groups excluding carboxylic acids is 1. The van der Waals surface area contributed by atoms with E-state index >= 15 is 0 Å². The molecule has 0 N–H and O–H groups in total. The fourth-order valence-corrected chi connectivity index (χ4v) is 17.1. The Labute approximate surface area is 202 Å². The molecule has 174 valence electrons. The van der Waals surface area contributed by atoms with E-state index in [9.17, 15) is 9.18 Å². The summed E-state index contributed by atoms with van der Waals surface area (Å²) in [7, 11) is 0. The van der Waals surface area contributed by atoms with E-state index in [1.54, 1.807) is 30.3 Å². The zero-order valence-corrected chi connectivity index (χ0v) is 23.2. The maximum absolute atomic E-state index is 13.8. The van der Waals surface area contributed by atoms with Gasteiger partial charge < -0.3 is 0 Å². The van der Waals surface area contributed by atoms with Crippen LogP contribution < -0.4 is 0 Å². The molecule has 2 nitrogen and oxygen atoms in total. The normalized spacial score (nSPS) is 12.1. The van der Waals surface area contributed by atoms with Crippen LogP contribution in [0.15, 0.2) is 48.5 Å². The van der Waals surface area contributed by atoms with E-state index in [4.69, 9.17) is 14.7 Å². The molecule has 0 saturated heterocycles. The van der Waals surface area contributed by atoms with Crippen molar-refractivity contribution >= 4 is 48.0 Å². The van der Waals surface area contributed by atoms with Crippen LogP contribution in [0.3, 0.4) is 0 Å². The van der Waals surface area contributed by atoms with Crippen molar-refractivity contribution in [1.82, 2.24) is 0 Å². The number of hydrogen-bond acceptors (Lipinski definition) is 2. The summed E-state index contributed by atoms with van der Waals surface area (Å²) in [5.74, 6) is -0.597. The number of hydrogen-bond donors (Lipinski definition) is 0. The summed E-state index contributed by atoms with van der Waals surface area (Å²) in [6.07, 6.45) is 8.40. The van der Waals surface area contributed by atoms with Crippen LogP contribution in [0.2, 0.25) is 18.3 Å². The molecule has 5 heteroatoms. The van der Waals surface area contributed by atoms with Crippen LogP contribution in [0.25, 0.3) is 11.6 Å². The van der Waals surface area contributed by atoms with Gasteiger partial charge in [-0.25, -0.2) is 0 Å². The fourth-order valence-electron chi connectivity index (χ4n) is 3.93. The maximum atomic E-state index is 13.8. The predicted molar refractivity (Wildman–Crippen MR) is 137 cm³/mol. The molecule has 0 atom stereocenters. The zero-order chi connectivity index (χ0) is 23.4. The quantitative estimate of drug-likeness (QED) is 0.138. The predicted octanol–water partition coefficient (Wildman–Crippen LogP) is 8.91. The molecule has 2 aromatic rings. The van der Waals surface area contributed by atoms with Crippen molar-refractivity contribution < 1.29 is 12.3 Å². The van der Waals surface area contributed by atoms with Gasteiger partial charge in [0.1, 0.15) is 0 Å². The zero-order valence-electron chi connectivity index (χ0n) is 19.6. The first-order valence-corrected chi connectivity index (χ1v) is 19.5. The second kappa shape index (κ2) is 14.0. The van der Waals surface area contributed by atoms with Gasteiger partial charge in [0.05, 0.1) is 0 Å². The third kappa shape index (κ3) is 8.55. The van der Waals surface area contributed by atoms with Gasteiger partial charge in [-0.3, -0.25) is 0 Å². The van der Waals surface area contributed by atoms with E-state index in [1.807, 2.05) is 12.1 Å². The Morgan fingerprint density at radius 1 is 0.938 bits per heavy atom. The molecule has 0 fully saturated rings. The van der Waals surface area contributed by atoms with E-state index in [1.165, 1.54) is 12.1 Å². The molecular weight excluding hydrogens is 529 g/mol. The third-order valence-corrected chi connectivity index (χ3v) is 18.6. The molecule has 0 spiro atoms. The summed E-state index contributed by atoms with van der Waals surface area (Å²) in [5, 5.41) is 0.606. The van der Waals surface area contributed by atoms with Crippen LogP contribution in [0.5, 0.6) is 0 Å². The second-order valence-electron chi connectivity index (χ2n) is 8.50. The van der Waals surface area contributed by atoms with Crippen LogP contribution in [0.1, 0.15) is 70.4 Å². The van der Waals surface area contributed by atoms with Crippen molar-refractivity contribution in [1.29, 1.82) is 0 Å². The van der Waals surface area contributed by atoms with Crippen LogP contribution >= 0.6 is 11.6 Å². The van der Waals surface area contributed by atoms with Gasteiger partial charge in [-0.05, 0) is 0 Å².